The zero-order chi connectivity index (χ0) is 14.8. The van der Waals surface area contributed by atoms with Crippen LogP contribution in [0.2, 0.25) is 0 Å². The lowest BCUT2D eigenvalue weighted by Gasteiger charge is -2.16. The van der Waals surface area contributed by atoms with E-state index in [1.807, 2.05) is 17.8 Å². The molecule has 1 aliphatic rings. The van der Waals surface area contributed by atoms with Gasteiger partial charge in [0.25, 0.3) is 0 Å². The highest BCUT2D eigenvalue weighted by Crippen LogP contribution is 2.23. The van der Waals surface area contributed by atoms with Gasteiger partial charge in [-0.1, -0.05) is 0 Å². The average molecular weight is 291 g/mol. The fourth-order valence-corrected chi connectivity index (χ4v) is 3.05. The fourth-order valence-electron chi connectivity index (χ4n) is 3.05. The van der Waals surface area contributed by atoms with Crippen LogP contribution >= 0.6 is 0 Å². The van der Waals surface area contributed by atoms with Gasteiger partial charge in [-0.2, -0.15) is 0 Å². The van der Waals surface area contributed by atoms with Gasteiger partial charge in [0.1, 0.15) is 11.6 Å². The van der Waals surface area contributed by atoms with Crippen LogP contribution in [0.5, 0.6) is 0 Å². The first-order valence-electron chi connectivity index (χ1n) is 7.22. The van der Waals surface area contributed by atoms with Gasteiger partial charge >= 0.3 is 0 Å². The van der Waals surface area contributed by atoms with E-state index in [4.69, 9.17) is 0 Å². The number of imidazole rings is 1. The predicted molar refractivity (Wildman–Crippen MR) is 76.7 cm³/mol. The first-order chi connectivity index (χ1) is 10.1. The Bertz CT molecular complexity index is 603. The molecule has 1 aromatic carbocycles. The molecule has 0 saturated carbocycles. The van der Waals surface area contributed by atoms with Gasteiger partial charge in [0.05, 0.1) is 12.0 Å². The third-order valence-corrected chi connectivity index (χ3v) is 4.12. The Hall–Kier alpha value is -1.75. The first kappa shape index (κ1) is 14.2. The van der Waals surface area contributed by atoms with Gasteiger partial charge in [-0.05, 0) is 43.0 Å². The summed E-state index contributed by atoms with van der Waals surface area (Å²) in [5.41, 5.74) is 1.94. The van der Waals surface area contributed by atoms with Crippen molar-refractivity contribution in [3.63, 3.8) is 0 Å². The lowest BCUT2D eigenvalue weighted by atomic mass is 9.98. The number of likely N-dealkylation sites (tertiary alicyclic amines) is 1. The Morgan fingerprint density at radius 3 is 2.67 bits per heavy atom. The molecular weight excluding hydrogens is 272 g/mol. The van der Waals surface area contributed by atoms with E-state index in [9.17, 15) is 8.78 Å². The maximum Gasteiger partial charge on any atom is 0.126 e. The second kappa shape index (κ2) is 5.93. The number of aromatic nitrogens is 2. The first-order valence-corrected chi connectivity index (χ1v) is 7.22. The molecule has 1 fully saturated rings. The van der Waals surface area contributed by atoms with Gasteiger partial charge < -0.3 is 4.57 Å². The molecule has 1 aliphatic heterocycles. The summed E-state index contributed by atoms with van der Waals surface area (Å²) >= 11 is 0. The zero-order valence-electron chi connectivity index (χ0n) is 12.1. The Morgan fingerprint density at radius 1 is 1.24 bits per heavy atom. The van der Waals surface area contributed by atoms with Crippen LogP contribution in [0.1, 0.15) is 17.7 Å². The molecule has 1 unspecified atom stereocenters. The Balaban J connectivity index is 1.58. The van der Waals surface area contributed by atoms with E-state index < -0.39 is 11.6 Å². The molecule has 0 amide bonds. The number of hydrogen-bond acceptors (Lipinski definition) is 2. The summed E-state index contributed by atoms with van der Waals surface area (Å²) < 4.78 is 28.5. The van der Waals surface area contributed by atoms with Crippen LogP contribution < -0.4 is 0 Å². The number of nitrogens with zero attached hydrogens (tertiary/aromatic N) is 3. The second-order valence-electron chi connectivity index (χ2n) is 5.87. The number of halogens is 2. The quantitative estimate of drug-likeness (QED) is 0.863. The van der Waals surface area contributed by atoms with Crippen molar-refractivity contribution in [2.75, 3.05) is 13.1 Å². The molecule has 0 aliphatic carbocycles. The molecule has 3 nitrogen and oxygen atoms in total. The van der Waals surface area contributed by atoms with Crippen molar-refractivity contribution in [2.24, 2.45) is 13.0 Å². The number of benzene rings is 1. The summed E-state index contributed by atoms with van der Waals surface area (Å²) in [5, 5.41) is 0. The molecule has 5 heteroatoms. The third kappa shape index (κ3) is 3.47. The van der Waals surface area contributed by atoms with Gasteiger partial charge in [-0.15, -0.1) is 0 Å². The second-order valence-corrected chi connectivity index (χ2v) is 5.87. The van der Waals surface area contributed by atoms with Gasteiger partial charge in [0.2, 0.25) is 0 Å². The standard InChI is InChI=1S/C16H19F2N3/c1-20-11-19-8-16(20)10-21-3-2-12(9-21)4-13-5-14(17)7-15(18)6-13/h5-8,11-12H,2-4,9-10H2,1H3. The summed E-state index contributed by atoms with van der Waals surface area (Å²) in [4.78, 5) is 6.50. The van der Waals surface area contributed by atoms with Gasteiger partial charge in [-0.3, -0.25) is 4.90 Å². The van der Waals surface area contributed by atoms with Crippen LogP contribution in [-0.2, 0) is 20.0 Å². The van der Waals surface area contributed by atoms with Crippen LogP contribution in [0, 0.1) is 17.6 Å². The molecule has 2 heterocycles. The van der Waals surface area contributed by atoms with Crippen molar-refractivity contribution >= 4 is 0 Å². The van der Waals surface area contributed by atoms with Crippen molar-refractivity contribution in [2.45, 2.75) is 19.4 Å². The summed E-state index contributed by atoms with van der Waals surface area (Å²) in [6.45, 7) is 2.86. The van der Waals surface area contributed by atoms with Gasteiger partial charge in [-0.25, -0.2) is 13.8 Å². The van der Waals surface area contributed by atoms with Crippen LogP contribution in [-0.4, -0.2) is 27.5 Å². The topological polar surface area (TPSA) is 21.1 Å². The van der Waals surface area contributed by atoms with Crippen molar-refractivity contribution in [3.05, 3.63) is 53.6 Å². The van der Waals surface area contributed by atoms with E-state index in [0.717, 1.165) is 44.1 Å². The average Bonchev–Trinajstić information content (AvgIpc) is 2.99. The van der Waals surface area contributed by atoms with Crippen molar-refractivity contribution in [3.8, 4) is 0 Å². The number of rotatable bonds is 4. The lowest BCUT2D eigenvalue weighted by Crippen LogP contribution is -2.21. The zero-order valence-corrected chi connectivity index (χ0v) is 12.1. The molecular formula is C16H19F2N3. The van der Waals surface area contributed by atoms with Crippen LogP contribution in [0.25, 0.3) is 0 Å². The minimum atomic E-state index is -0.491. The van der Waals surface area contributed by atoms with Gasteiger partial charge in [0.15, 0.2) is 0 Å². The molecule has 2 aromatic rings. The molecule has 1 aromatic heterocycles. The van der Waals surface area contributed by atoms with E-state index in [2.05, 4.69) is 9.88 Å². The summed E-state index contributed by atoms with van der Waals surface area (Å²) in [6, 6.07) is 3.80. The normalized spacial score (nSPS) is 19.3. The van der Waals surface area contributed by atoms with Crippen molar-refractivity contribution in [1.82, 2.24) is 14.5 Å². The summed E-state index contributed by atoms with van der Waals surface area (Å²) in [6.07, 6.45) is 5.49. The third-order valence-electron chi connectivity index (χ3n) is 4.12. The molecule has 3 rings (SSSR count). The summed E-state index contributed by atoms with van der Waals surface area (Å²) in [7, 11) is 1.99. The van der Waals surface area contributed by atoms with Crippen molar-refractivity contribution < 1.29 is 8.78 Å². The van der Waals surface area contributed by atoms with Gasteiger partial charge in [0, 0.05) is 32.4 Å². The smallest absolute Gasteiger partial charge is 0.126 e. The Kier molecular flexibility index (Phi) is 4.01. The molecule has 1 atom stereocenters. The van der Waals surface area contributed by atoms with E-state index in [1.54, 1.807) is 6.33 Å². The molecule has 0 N–H and O–H groups in total. The highest BCUT2D eigenvalue weighted by Gasteiger charge is 2.23. The van der Waals surface area contributed by atoms with E-state index in [0.29, 0.717) is 5.92 Å². The Labute approximate surface area is 123 Å². The maximum atomic E-state index is 13.2. The maximum absolute atomic E-state index is 13.2. The van der Waals surface area contributed by atoms with Crippen LogP contribution in [0.3, 0.4) is 0 Å². The minimum Gasteiger partial charge on any atom is -0.337 e. The predicted octanol–water partition coefficient (Wildman–Crippen LogP) is 2.76. The fraction of sp³-hybridized carbons (Fsp3) is 0.438. The largest absolute Gasteiger partial charge is 0.337 e. The molecule has 21 heavy (non-hydrogen) atoms. The SMILES string of the molecule is Cn1cncc1CN1CCC(Cc2cc(F)cc(F)c2)C1. The van der Waals surface area contributed by atoms with E-state index in [1.165, 1.54) is 17.8 Å². The molecule has 1 saturated heterocycles. The molecule has 0 spiro atoms. The number of hydrogen-bond donors (Lipinski definition) is 0. The molecule has 112 valence electrons. The van der Waals surface area contributed by atoms with Crippen LogP contribution in [0.4, 0.5) is 8.78 Å². The minimum absolute atomic E-state index is 0.458. The Morgan fingerprint density at radius 2 is 2.00 bits per heavy atom. The molecule has 0 bridgehead atoms. The van der Waals surface area contributed by atoms with E-state index >= 15 is 0 Å². The van der Waals surface area contributed by atoms with Crippen molar-refractivity contribution in [1.29, 1.82) is 0 Å². The molecule has 0 radical (unpaired) electrons. The highest BCUT2D eigenvalue weighted by molar-refractivity contribution is 5.18. The lowest BCUT2D eigenvalue weighted by molar-refractivity contribution is 0.309. The van der Waals surface area contributed by atoms with Crippen LogP contribution in [0.15, 0.2) is 30.7 Å². The number of aryl methyl sites for hydroxylation is 1. The highest BCUT2D eigenvalue weighted by atomic mass is 19.1. The van der Waals surface area contributed by atoms with E-state index in [-0.39, 0.29) is 0 Å². The monoisotopic (exact) mass is 291 g/mol. The summed E-state index contributed by atoms with van der Waals surface area (Å²) in [5.74, 6) is -0.524.